The molecule has 0 aliphatic carbocycles. The van der Waals surface area contributed by atoms with E-state index in [0.717, 1.165) is 16.8 Å². The van der Waals surface area contributed by atoms with Crippen LogP contribution >= 0.6 is 0 Å². The molecule has 20 heavy (non-hydrogen) atoms. The third-order valence-electron chi connectivity index (χ3n) is 3.31. The predicted molar refractivity (Wildman–Crippen MR) is 80.6 cm³/mol. The smallest absolute Gasteiger partial charge is 0.251 e. The number of carbonyl (C=O) groups is 1. The fraction of sp³-hybridized carbons (Fsp3) is 0.118. The summed E-state index contributed by atoms with van der Waals surface area (Å²) in [5.74, 6) is -0.0454. The number of nitrogens with one attached hydrogen (secondary N) is 2. The number of amides is 1. The van der Waals surface area contributed by atoms with Crippen molar-refractivity contribution in [2.45, 2.75) is 13.5 Å². The Morgan fingerprint density at radius 1 is 1.10 bits per heavy atom. The van der Waals surface area contributed by atoms with Gasteiger partial charge in [-0.05, 0) is 48.2 Å². The molecule has 0 bridgehead atoms. The Bertz CT molecular complexity index is 744. The van der Waals surface area contributed by atoms with E-state index in [2.05, 4.69) is 22.4 Å². The van der Waals surface area contributed by atoms with Crippen molar-refractivity contribution < 1.29 is 4.79 Å². The van der Waals surface area contributed by atoms with Gasteiger partial charge in [0.15, 0.2) is 0 Å². The molecule has 0 saturated carbocycles. The Balaban J connectivity index is 1.72. The number of aryl methyl sites for hydroxylation is 1. The minimum atomic E-state index is -0.0454. The van der Waals surface area contributed by atoms with E-state index in [4.69, 9.17) is 0 Å². The lowest BCUT2D eigenvalue weighted by Crippen LogP contribution is -2.22. The number of benzene rings is 2. The zero-order valence-corrected chi connectivity index (χ0v) is 11.3. The molecule has 1 aromatic heterocycles. The Morgan fingerprint density at radius 3 is 2.70 bits per heavy atom. The van der Waals surface area contributed by atoms with Crippen LogP contribution in [0.4, 0.5) is 0 Å². The van der Waals surface area contributed by atoms with Crippen LogP contribution in [0.5, 0.6) is 0 Å². The molecule has 3 rings (SSSR count). The molecule has 1 amide bonds. The van der Waals surface area contributed by atoms with Crippen LogP contribution in [-0.4, -0.2) is 10.9 Å². The quantitative estimate of drug-likeness (QED) is 0.748. The molecule has 3 aromatic rings. The molecule has 2 N–H and O–H groups in total. The summed E-state index contributed by atoms with van der Waals surface area (Å²) in [6.07, 6.45) is 0. The lowest BCUT2D eigenvalue weighted by molar-refractivity contribution is 0.0951. The van der Waals surface area contributed by atoms with Gasteiger partial charge in [-0.25, -0.2) is 0 Å². The molecular weight excluding hydrogens is 248 g/mol. The molecule has 0 saturated heterocycles. The molecule has 0 aliphatic rings. The molecule has 0 atom stereocenters. The van der Waals surface area contributed by atoms with Crippen LogP contribution in [0.1, 0.15) is 21.6 Å². The molecule has 0 fully saturated rings. The van der Waals surface area contributed by atoms with Crippen molar-refractivity contribution in [3.63, 3.8) is 0 Å². The van der Waals surface area contributed by atoms with E-state index in [1.165, 1.54) is 5.39 Å². The van der Waals surface area contributed by atoms with Crippen LogP contribution in [0.3, 0.4) is 0 Å². The topological polar surface area (TPSA) is 44.9 Å². The first kappa shape index (κ1) is 12.5. The zero-order valence-electron chi connectivity index (χ0n) is 11.3. The maximum Gasteiger partial charge on any atom is 0.251 e. The Hall–Kier alpha value is -2.55. The van der Waals surface area contributed by atoms with E-state index in [9.17, 15) is 4.79 Å². The molecular formula is C17H16N2O. The highest BCUT2D eigenvalue weighted by Crippen LogP contribution is 2.16. The number of hydrogen-bond acceptors (Lipinski definition) is 1. The molecule has 0 aliphatic heterocycles. The molecule has 0 unspecified atom stereocenters. The summed E-state index contributed by atoms with van der Waals surface area (Å²) >= 11 is 0. The number of hydrogen-bond donors (Lipinski definition) is 2. The fourth-order valence-corrected chi connectivity index (χ4v) is 2.31. The second-order valence-electron chi connectivity index (χ2n) is 4.92. The lowest BCUT2D eigenvalue weighted by Gasteiger charge is -2.05. The van der Waals surface area contributed by atoms with Crippen molar-refractivity contribution in [1.29, 1.82) is 0 Å². The van der Waals surface area contributed by atoms with Crippen LogP contribution in [0.25, 0.3) is 10.9 Å². The third kappa shape index (κ3) is 2.57. The van der Waals surface area contributed by atoms with Gasteiger partial charge in [0.05, 0.1) is 0 Å². The van der Waals surface area contributed by atoms with Crippen LogP contribution in [0.2, 0.25) is 0 Å². The van der Waals surface area contributed by atoms with Gasteiger partial charge in [-0.15, -0.1) is 0 Å². The van der Waals surface area contributed by atoms with Crippen molar-refractivity contribution in [1.82, 2.24) is 10.3 Å². The normalized spacial score (nSPS) is 10.7. The predicted octanol–water partition coefficient (Wildman–Crippen LogP) is 3.41. The van der Waals surface area contributed by atoms with Gasteiger partial charge in [-0.3, -0.25) is 4.79 Å². The highest BCUT2D eigenvalue weighted by atomic mass is 16.1. The highest BCUT2D eigenvalue weighted by Gasteiger charge is 2.04. The van der Waals surface area contributed by atoms with Crippen LogP contribution in [0.15, 0.2) is 54.6 Å². The summed E-state index contributed by atoms with van der Waals surface area (Å²) in [5, 5.41) is 4.11. The average molecular weight is 264 g/mol. The van der Waals surface area contributed by atoms with Crippen molar-refractivity contribution in [3.05, 3.63) is 71.4 Å². The molecule has 0 radical (unpaired) electrons. The van der Waals surface area contributed by atoms with E-state index in [1.54, 1.807) is 0 Å². The van der Waals surface area contributed by atoms with Crippen molar-refractivity contribution in [2.24, 2.45) is 0 Å². The SMILES string of the molecule is Cc1cc2cc(CNC(=O)c3ccccc3)ccc2[nH]1. The summed E-state index contributed by atoms with van der Waals surface area (Å²) in [4.78, 5) is 15.3. The average Bonchev–Trinajstić information content (AvgIpc) is 2.85. The zero-order chi connectivity index (χ0) is 13.9. The molecule has 2 aromatic carbocycles. The molecule has 0 spiro atoms. The number of carbonyl (C=O) groups excluding carboxylic acids is 1. The Morgan fingerprint density at radius 2 is 1.90 bits per heavy atom. The number of H-pyrrole nitrogens is 1. The second-order valence-corrected chi connectivity index (χ2v) is 4.92. The van der Waals surface area contributed by atoms with Crippen LogP contribution in [0, 0.1) is 6.92 Å². The standard InChI is InChI=1S/C17H16N2O/c1-12-9-15-10-13(7-8-16(15)19-12)11-18-17(20)14-5-3-2-4-6-14/h2-10,19H,11H2,1H3,(H,18,20). The summed E-state index contributed by atoms with van der Waals surface area (Å²) in [7, 11) is 0. The van der Waals surface area contributed by atoms with E-state index in [-0.39, 0.29) is 5.91 Å². The molecule has 1 heterocycles. The second kappa shape index (κ2) is 5.21. The van der Waals surface area contributed by atoms with Gasteiger partial charge < -0.3 is 10.3 Å². The van der Waals surface area contributed by atoms with Crippen LogP contribution in [-0.2, 0) is 6.54 Å². The van der Waals surface area contributed by atoms with Gasteiger partial charge in [0.2, 0.25) is 0 Å². The minimum absolute atomic E-state index is 0.0454. The minimum Gasteiger partial charge on any atom is -0.359 e. The van der Waals surface area contributed by atoms with Crippen molar-refractivity contribution in [2.75, 3.05) is 0 Å². The first-order valence-electron chi connectivity index (χ1n) is 6.64. The number of aromatic amines is 1. The van der Waals surface area contributed by atoms with Crippen molar-refractivity contribution in [3.8, 4) is 0 Å². The van der Waals surface area contributed by atoms with E-state index in [0.29, 0.717) is 12.1 Å². The fourth-order valence-electron chi connectivity index (χ4n) is 2.31. The van der Waals surface area contributed by atoms with Gasteiger partial charge in [0, 0.05) is 23.3 Å². The molecule has 3 heteroatoms. The number of aromatic nitrogens is 1. The molecule has 3 nitrogen and oxygen atoms in total. The van der Waals surface area contributed by atoms with E-state index >= 15 is 0 Å². The van der Waals surface area contributed by atoms with Gasteiger partial charge >= 0.3 is 0 Å². The maximum atomic E-state index is 12.0. The Kier molecular flexibility index (Phi) is 3.25. The summed E-state index contributed by atoms with van der Waals surface area (Å²) in [5.41, 5.74) is 4.05. The highest BCUT2D eigenvalue weighted by molar-refractivity contribution is 5.94. The first-order valence-corrected chi connectivity index (χ1v) is 6.64. The summed E-state index contributed by atoms with van der Waals surface area (Å²) in [6, 6.07) is 17.5. The largest absolute Gasteiger partial charge is 0.359 e. The van der Waals surface area contributed by atoms with E-state index < -0.39 is 0 Å². The summed E-state index contributed by atoms with van der Waals surface area (Å²) in [6.45, 7) is 2.57. The third-order valence-corrected chi connectivity index (χ3v) is 3.31. The van der Waals surface area contributed by atoms with E-state index in [1.807, 2.05) is 49.4 Å². The van der Waals surface area contributed by atoms with Crippen molar-refractivity contribution >= 4 is 16.8 Å². The van der Waals surface area contributed by atoms with Gasteiger partial charge in [-0.2, -0.15) is 0 Å². The maximum absolute atomic E-state index is 12.0. The number of rotatable bonds is 3. The first-order chi connectivity index (χ1) is 9.72. The molecule has 100 valence electrons. The van der Waals surface area contributed by atoms with Gasteiger partial charge in [0.25, 0.3) is 5.91 Å². The van der Waals surface area contributed by atoms with Gasteiger partial charge in [0.1, 0.15) is 0 Å². The lowest BCUT2D eigenvalue weighted by atomic mass is 10.1. The van der Waals surface area contributed by atoms with Gasteiger partial charge in [-0.1, -0.05) is 24.3 Å². The summed E-state index contributed by atoms with van der Waals surface area (Å²) < 4.78 is 0. The monoisotopic (exact) mass is 264 g/mol. The van der Waals surface area contributed by atoms with Crippen LogP contribution < -0.4 is 5.32 Å². The number of fused-ring (bicyclic) bond motifs is 1. The Labute approximate surface area is 117 Å².